The van der Waals surface area contributed by atoms with Crippen molar-refractivity contribution in [1.82, 2.24) is 10.6 Å². The molecule has 2 aliphatic carbocycles. The van der Waals surface area contributed by atoms with Gasteiger partial charge >= 0.3 is 23.9 Å². The van der Waals surface area contributed by atoms with Crippen molar-refractivity contribution in [2.24, 2.45) is 17.8 Å². The molecule has 2 aliphatic rings. The molecule has 0 heterocycles. The molecule has 16 heteroatoms. The van der Waals surface area contributed by atoms with Crippen LogP contribution in [-0.4, -0.2) is 129 Å². The second-order valence-electron chi connectivity index (χ2n) is 12.7. The van der Waals surface area contributed by atoms with Crippen LogP contribution in [0.25, 0.3) is 0 Å². The largest absolute Gasteiger partial charge is 0.469 e. The molecule has 3 atom stereocenters. The van der Waals surface area contributed by atoms with Gasteiger partial charge in [-0.2, -0.15) is 0 Å². The van der Waals surface area contributed by atoms with Gasteiger partial charge in [-0.05, 0) is 63.9 Å². The Hall–Kier alpha value is -4.12. The van der Waals surface area contributed by atoms with E-state index in [0.29, 0.717) is 58.3 Å². The van der Waals surface area contributed by atoms with Crippen LogP contribution >= 0.6 is 0 Å². The zero-order valence-electron chi connectivity index (χ0n) is 34.5. The lowest BCUT2D eigenvalue weighted by Crippen LogP contribution is -2.42. The highest BCUT2D eigenvalue weighted by atomic mass is 16.6. The summed E-state index contributed by atoms with van der Waals surface area (Å²) in [6.07, 6.45) is 11.4. The molecule has 16 nitrogen and oxygen atoms in total. The number of hydrogen-bond acceptors (Lipinski definition) is 14. The molecule has 2 saturated carbocycles. The van der Waals surface area contributed by atoms with Crippen molar-refractivity contribution in [3.05, 3.63) is 38.0 Å². The molecule has 0 bridgehead atoms. The van der Waals surface area contributed by atoms with Gasteiger partial charge in [0.15, 0.2) is 0 Å². The van der Waals surface area contributed by atoms with E-state index < -0.39 is 29.7 Å². The Bertz CT molecular complexity index is 1140. The standard InChI is InChI=1S/C21H37NO7.C8H14O4.C7H11NO.C4H6O2/c1-5-16(20(24)27-4)14-17(21(25)29-12-11-28-10-9-26-3)13-15(2)19(23)22-18-7-6-8-18;1-3-8(9)12-7-6-11-5-4-10-2;1-2-7(9)8-6-4-3-5-6;1-3-4(5)6-2/h15-18H,5-14H2,1-4H3,(H,22,23);3H,1,4-7H2,2H3;2,6H,1,3-5H2,(H,8,9);3H,1H2,2H3. The summed E-state index contributed by atoms with van der Waals surface area (Å²) >= 11 is 0. The maximum Gasteiger partial charge on any atom is 0.330 e. The summed E-state index contributed by atoms with van der Waals surface area (Å²) in [7, 11) is 5.83. The number of rotatable bonds is 25. The number of carbonyl (C=O) groups is 6. The van der Waals surface area contributed by atoms with Crippen LogP contribution in [0.4, 0.5) is 0 Å². The third kappa shape index (κ3) is 29.2. The molecule has 0 spiro atoms. The van der Waals surface area contributed by atoms with Gasteiger partial charge in [0.1, 0.15) is 13.2 Å². The van der Waals surface area contributed by atoms with Gasteiger partial charge in [0.2, 0.25) is 11.8 Å². The summed E-state index contributed by atoms with van der Waals surface area (Å²) in [5, 5.41) is 5.83. The maximum absolute atomic E-state index is 12.7. The first-order chi connectivity index (χ1) is 26.9. The summed E-state index contributed by atoms with van der Waals surface area (Å²) in [6, 6.07) is 0.688. The zero-order valence-corrected chi connectivity index (χ0v) is 34.5. The van der Waals surface area contributed by atoms with Crippen molar-refractivity contribution in [3.63, 3.8) is 0 Å². The maximum atomic E-state index is 12.7. The van der Waals surface area contributed by atoms with E-state index in [4.69, 9.17) is 28.4 Å². The van der Waals surface area contributed by atoms with Crippen molar-refractivity contribution >= 4 is 35.7 Å². The monoisotopic (exact) mass is 800 g/mol. The molecule has 2 amide bonds. The lowest BCUT2D eigenvalue weighted by atomic mass is 9.85. The lowest BCUT2D eigenvalue weighted by Gasteiger charge is -2.29. The van der Waals surface area contributed by atoms with Crippen LogP contribution in [0.15, 0.2) is 38.0 Å². The zero-order chi connectivity index (χ0) is 42.6. The molecule has 56 heavy (non-hydrogen) atoms. The molecule has 0 saturated heterocycles. The van der Waals surface area contributed by atoms with E-state index in [9.17, 15) is 28.8 Å². The van der Waals surface area contributed by atoms with Crippen LogP contribution in [0.1, 0.15) is 71.6 Å². The third-order valence-corrected chi connectivity index (χ3v) is 8.45. The van der Waals surface area contributed by atoms with Crippen molar-refractivity contribution < 1.29 is 66.7 Å². The Labute approximate surface area is 333 Å². The van der Waals surface area contributed by atoms with Crippen molar-refractivity contribution in [2.75, 3.05) is 81.3 Å². The first kappa shape index (κ1) is 54.0. The fraction of sp³-hybridized carbons (Fsp3) is 0.700. The van der Waals surface area contributed by atoms with Crippen LogP contribution in [0.3, 0.4) is 0 Å². The first-order valence-electron chi connectivity index (χ1n) is 19.0. The van der Waals surface area contributed by atoms with E-state index in [1.165, 1.54) is 26.7 Å². The molecule has 0 aliphatic heterocycles. The van der Waals surface area contributed by atoms with Crippen LogP contribution in [0, 0.1) is 17.8 Å². The van der Waals surface area contributed by atoms with E-state index in [1.807, 2.05) is 6.92 Å². The number of carbonyl (C=O) groups excluding carboxylic acids is 6. The number of esters is 4. The normalized spacial score (nSPS) is 14.5. The van der Waals surface area contributed by atoms with Gasteiger partial charge < -0.3 is 48.5 Å². The van der Waals surface area contributed by atoms with Crippen molar-refractivity contribution in [1.29, 1.82) is 0 Å². The van der Waals surface area contributed by atoms with E-state index in [2.05, 4.69) is 39.8 Å². The summed E-state index contributed by atoms with van der Waals surface area (Å²) in [4.78, 5) is 68.0. The van der Waals surface area contributed by atoms with Gasteiger partial charge in [-0.15, -0.1) is 0 Å². The van der Waals surface area contributed by atoms with Gasteiger partial charge in [0, 0.05) is 44.4 Å². The fourth-order valence-corrected chi connectivity index (χ4v) is 4.62. The predicted molar refractivity (Wildman–Crippen MR) is 209 cm³/mol. The molecular formula is C40H68N2O14. The van der Waals surface area contributed by atoms with Gasteiger partial charge in [0.05, 0.1) is 65.7 Å². The molecular weight excluding hydrogens is 732 g/mol. The Balaban J connectivity index is 0. The summed E-state index contributed by atoms with van der Waals surface area (Å²) in [6.45, 7) is 16.5. The molecule has 0 aromatic rings. The molecule has 0 aromatic carbocycles. The minimum atomic E-state index is -0.555. The molecule has 322 valence electrons. The van der Waals surface area contributed by atoms with Crippen LogP contribution < -0.4 is 10.6 Å². The first-order valence-corrected chi connectivity index (χ1v) is 19.0. The highest BCUT2D eigenvalue weighted by Crippen LogP contribution is 2.26. The summed E-state index contributed by atoms with van der Waals surface area (Å²) in [5.74, 6) is -2.98. The number of ether oxygens (including phenoxy) is 8. The molecule has 2 rings (SSSR count). The lowest BCUT2D eigenvalue weighted by molar-refractivity contribution is -0.153. The van der Waals surface area contributed by atoms with Gasteiger partial charge in [0.25, 0.3) is 0 Å². The quantitative estimate of drug-likeness (QED) is 0.0587. The predicted octanol–water partition coefficient (Wildman–Crippen LogP) is 3.66. The number of hydrogen-bond donors (Lipinski definition) is 2. The molecule has 2 fully saturated rings. The third-order valence-electron chi connectivity index (χ3n) is 8.45. The van der Waals surface area contributed by atoms with Gasteiger partial charge in [-0.25, -0.2) is 9.59 Å². The highest BCUT2D eigenvalue weighted by Gasteiger charge is 2.32. The molecule has 0 radical (unpaired) electrons. The Kier molecular flexibility index (Phi) is 35.2. The molecule has 3 unspecified atom stereocenters. The average molecular weight is 801 g/mol. The second-order valence-corrected chi connectivity index (χ2v) is 12.7. The van der Waals surface area contributed by atoms with Gasteiger partial charge in [-0.3, -0.25) is 19.2 Å². The van der Waals surface area contributed by atoms with Gasteiger partial charge in [-0.1, -0.05) is 33.6 Å². The Morgan fingerprint density at radius 1 is 0.607 bits per heavy atom. The highest BCUT2D eigenvalue weighted by molar-refractivity contribution is 5.87. The van der Waals surface area contributed by atoms with Crippen LogP contribution in [-0.2, 0) is 66.7 Å². The molecule has 0 aromatic heterocycles. The van der Waals surface area contributed by atoms with E-state index in [-0.39, 0.29) is 49.6 Å². The van der Waals surface area contributed by atoms with Crippen molar-refractivity contribution in [2.45, 2.75) is 83.7 Å². The van der Waals surface area contributed by atoms with E-state index in [0.717, 1.165) is 44.3 Å². The number of amides is 2. The average Bonchev–Trinajstić information content (AvgIpc) is 3.18. The van der Waals surface area contributed by atoms with E-state index >= 15 is 0 Å². The smallest absolute Gasteiger partial charge is 0.330 e. The fourth-order valence-electron chi connectivity index (χ4n) is 4.62. The molecule has 2 N–H and O–H groups in total. The summed E-state index contributed by atoms with van der Waals surface area (Å²) < 4.78 is 39.0. The number of nitrogens with one attached hydrogen (secondary N) is 2. The SMILES string of the molecule is C=CC(=O)NC1CCC1.C=CC(=O)OC.C=CC(=O)OCCOCCOC.CCC(CC(CC(C)C(=O)NC1CCC1)C(=O)OCCOCCOC)C(=O)OC. The second kappa shape index (κ2) is 36.5. The Morgan fingerprint density at radius 3 is 1.50 bits per heavy atom. The minimum Gasteiger partial charge on any atom is -0.469 e. The topological polar surface area (TPSA) is 200 Å². The Morgan fingerprint density at radius 2 is 1.11 bits per heavy atom. The van der Waals surface area contributed by atoms with Crippen LogP contribution in [0.2, 0.25) is 0 Å². The van der Waals surface area contributed by atoms with E-state index in [1.54, 1.807) is 21.1 Å². The number of methoxy groups -OCH3 is 4. The summed E-state index contributed by atoms with van der Waals surface area (Å²) in [5.41, 5.74) is 0. The van der Waals surface area contributed by atoms with Crippen molar-refractivity contribution in [3.8, 4) is 0 Å². The van der Waals surface area contributed by atoms with Crippen LogP contribution in [0.5, 0.6) is 0 Å². The minimum absolute atomic E-state index is 0.0419.